The molecular weight excluding hydrogens is 224 g/mol. The second kappa shape index (κ2) is 9.54. The Balaban J connectivity index is 3.78. The molecule has 0 aromatic rings. The van der Waals surface area contributed by atoms with Crippen molar-refractivity contribution in [3.8, 4) is 0 Å². The highest BCUT2D eigenvalue weighted by atomic mass is 28.1. The lowest BCUT2D eigenvalue weighted by molar-refractivity contribution is -0.163. The normalized spacial score (nSPS) is 12.4. The van der Waals surface area contributed by atoms with E-state index in [0.717, 1.165) is 25.7 Å². The van der Waals surface area contributed by atoms with E-state index in [2.05, 4.69) is 11.7 Å². The number of carbonyl (C=O) groups is 2. The second-order valence-corrected chi connectivity index (χ2v) is 5.20. The van der Waals surface area contributed by atoms with Crippen LogP contribution in [0.25, 0.3) is 0 Å². The van der Waals surface area contributed by atoms with Crippen molar-refractivity contribution in [3.05, 3.63) is 0 Å². The van der Waals surface area contributed by atoms with Crippen LogP contribution in [-0.2, 0) is 19.1 Å². The standard InChI is InChI=1S/C11H22O4Si/c1-3-5-6-7-9(16)10(12)11(13)15-8-14-4-2/h9H,3-8H2,1-2,16H3. The Kier molecular flexibility index (Phi) is 9.13. The van der Waals surface area contributed by atoms with Crippen molar-refractivity contribution in [1.82, 2.24) is 0 Å². The maximum absolute atomic E-state index is 11.5. The average Bonchev–Trinajstić information content (AvgIpc) is 2.28. The van der Waals surface area contributed by atoms with Crippen LogP contribution in [0.2, 0.25) is 5.54 Å². The van der Waals surface area contributed by atoms with Gasteiger partial charge in [0.2, 0.25) is 5.78 Å². The highest BCUT2D eigenvalue weighted by molar-refractivity contribution is 6.44. The van der Waals surface area contributed by atoms with E-state index in [0.29, 0.717) is 16.8 Å². The van der Waals surface area contributed by atoms with Crippen molar-refractivity contribution in [2.75, 3.05) is 13.4 Å². The maximum Gasteiger partial charge on any atom is 0.376 e. The van der Waals surface area contributed by atoms with E-state index in [1.54, 1.807) is 6.92 Å². The molecule has 5 heteroatoms. The summed E-state index contributed by atoms with van der Waals surface area (Å²) in [6.45, 7) is 4.27. The zero-order valence-electron chi connectivity index (χ0n) is 10.5. The van der Waals surface area contributed by atoms with Crippen LogP contribution in [-0.4, -0.2) is 35.4 Å². The summed E-state index contributed by atoms with van der Waals surface area (Å²) >= 11 is 0. The molecule has 94 valence electrons. The molecule has 0 aliphatic heterocycles. The topological polar surface area (TPSA) is 52.6 Å². The molecular formula is C11H22O4Si. The molecule has 1 unspecified atom stereocenters. The Labute approximate surface area is 100 Å². The van der Waals surface area contributed by atoms with Gasteiger partial charge in [-0.2, -0.15) is 0 Å². The van der Waals surface area contributed by atoms with Crippen LogP contribution in [0.4, 0.5) is 0 Å². The fourth-order valence-electron chi connectivity index (χ4n) is 1.28. The molecule has 0 aliphatic carbocycles. The van der Waals surface area contributed by atoms with E-state index in [1.807, 2.05) is 0 Å². The third-order valence-electron chi connectivity index (χ3n) is 2.37. The molecule has 0 aliphatic rings. The third-order valence-corrected chi connectivity index (χ3v) is 3.47. The highest BCUT2D eigenvalue weighted by Crippen LogP contribution is 2.13. The molecule has 0 N–H and O–H groups in total. The van der Waals surface area contributed by atoms with Gasteiger partial charge in [0.15, 0.2) is 6.79 Å². The summed E-state index contributed by atoms with van der Waals surface area (Å²) in [6, 6.07) is 0. The Bertz CT molecular complexity index is 218. The molecule has 0 saturated carbocycles. The number of hydrogen-bond donors (Lipinski definition) is 0. The largest absolute Gasteiger partial charge is 0.433 e. The van der Waals surface area contributed by atoms with Crippen LogP contribution in [0.3, 0.4) is 0 Å². The van der Waals surface area contributed by atoms with Gasteiger partial charge in [-0.15, -0.1) is 0 Å². The van der Waals surface area contributed by atoms with Gasteiger partial charge in [0.25, 0.3) is 0 Å². The van der Waals surface area contributed by atoms with Crippen LogP contribution in [0.15, 0.2) is 0 Å². The minimum Gasteiger partial charge on any atom is -0.433 e. The number of carbonyl (C=O) groups excluding carboxylic acids is 2. The van der Waals surface area contributed by atoms with Crippen molar-refractivity contribution < 1.29 is 19.1 Å². The van der Waals surface area contributed by atoms with Gasteiger partial charge in [0, 0.05) is 22.4 Å². The average molecular weight is 246 g/mol. The van der Waals surface area contributed by atoms with Crippen molar-refractivity contribution in [2.24, 2.45) is 0 Å². The Morgan fingerprint density at radius 1 is 1.25 bits per heavy atom. The van der Waals surface area contributed by atoms with Gasteiger partial charge in [0.05, 0.1) is 0 Å². The van der Waals surface area contributed by atoms with Crippen molar-refractivity contribution in [2.45, 2.75) is 45.1 Å². The quantitative estimate of drug-likeness (QED) is 0.199. The zero-order chi connectivity index (χ0) is 12.4. The SMILES string of the molecule is CCCCCC([SiH3])C(=O)C(=O)OCOCC. The first kappa shape index (κ1) is 15.3. The predicted octanol–water partition coefficient (Wildman–Crippen LogP) is 0.827. The first-order chi connectivity index (χ1) is 7.63. The minimum atomic E-state index is -0.745. The number of ether oxygens (including phenoxy) is 2. The monoisotopic (exact) mass is 246 g/mol. The molecule has 0 aromatic heterocycles. The van der Waals surface area contributed by atoms with Crippen LogP contribution in [0.5, 0.6) is 0 Å². The number of unbranched alkanes of at least 4 members (excludes halogenated alkanes) is 2. The lowest BCUT2D eigenvalue weighted by Gasteiger charge is -2.09. The molecule has 1 atom stereocenters. The Hall–Kier alpha value is -0.683. The molecule has 0 spiro atoms. The van der Waals surface area contributed by atoms with E-state index in [1.165, 1.54) is 0 Å². The minimum absolute atomic E-state index is 0.110. The van der Waals surface area contributed by atoms with Gasteiger partial charge >= 0.3 is 5.97 Å². The van der Waals surface area contributed by atoms with Gasteiger partial charge in [-0.05, 0) is 13.3 Å². The van der Waals surface area contributed by atoms with Gasteiger partial charge in [-0.1, -0.05) is 26.2 Å². The van der Waals surface area contributed by atoms with Crippen LogP contribution in [0.1, 0.15) is 39.5 Å². The molecule has 4 nitrogen and oxygen atoms in total. The van der Waals surface area contributed by atoms with Crippen molar-refractivity contribution >= 4 is 22.0 Å². The Morgan fingerprint density at radius 2 is 1.94 bits per heavy atom. The number of esters is 1. The fourth-order valence-corrected chi connectivity index (χ4v) is 1.93. The van der Waals surface area contributed by atoms with E-state index in [-0.39, 0.29) is 18.1 Å². The zero-order valence-corrected chi connectivity index (χ0v) is 12.5. The summed E-state index contributed by atoms with van der Waals surface area (Å²) in [5.41, 5.74) is -0.110. The molecule has 0 rings (SSSR count). The van der Waals surface area contributed by atoms with Crippen LogP contribution in [0, 0.1) is 0 Å². The van der Waals surface area contributed by atoms with E-state index >= 15 is 0 Å². The Morgan fingerprint density at radius 3 is 2.50 bits per heavy atom. The van der Waals surface area contributed by atoms with Gasteiger partial charge in [-0.3, -0.25) is 4.79 Å². The third kappa shape index (κ3) is 6.74. The van der Waals surface area contributed by atoms with Crippen molar-refractivity contribution in [1.29, 1.82) is 0 Å². The van der Waals surface area contributed by atoms with Gasteiger partial charge in [-0.25, -0.2) is 4.79 Å². The van der Waals surface area contributed by atoms with Gasteiger partial charge in [0.1, 0.15) is 0 Å². The molecule has 0 aromatic carbocycles. The molecule has 0 radical (unpaired) electrons. The van der Waals surface area contributed by atoms with Crippen molar-refractivity contribution in [3.63, 3.8) is 0 Å². The van der Waals surface area contributed by atoms with Crippen LogP contribution >= 0.6 is 0 Å². The summed E-state index contributed by atoms with van der Waals surface area (Å²) in [7, 11) is 0.706. The fraction of sp³-hybridized carbons (Fsp3) is 0.818. The first-order valence-corrected chi connectivity index (χ1v) is 7.07. The van der Waals surface area contributed by atoms with E-state index in [9.17, 15) is 9.59 Å². The number of ketones is 1. The lowest BCUT2D eigenvalue weighted by Crippen LogP contribution is -2.23. The van der Waals surface area contributed by atoms with E-state index < -0.39 is 5.97 Å². The smallest absolute Gasteiger partial charge is 0.376 e. The lowest BCUT2D eigenvalue weighted by atomic mass is 10.1. The molecule has 0 bridgehead atoms. The summed E-state index contributed by atoms with van der Waals surface area (Å²) in [4.78, 5) is 22.8. The molecule has 0 fully saturated rings. The summed E-state index contributed by atoms with van der Waals surface area (Å²) in [5, 5.41) is 0. The van der Waals surface area contributed by atoms with Crippen LogP contribution < -0.4 is 0 Å². The molecule has 16 heavy (non-hydrogen) atoms. The van der Waals surface area contributed by atoms with Gasteiger partial charge < -0.3 is 9.47 Å². The highest BCUT2D eigenvalue weighted by Gasteiger charge is 2.22. The second-order valence-electron chi connectivity index (χ2n) is 3.80. The molecule has 0 heterocycles. The van der Waals surface area contributed by atoms with E-state index in [4.69, 9.17) is 4.74 Å². The number of rotatable bonds is 9. The number of Topliss-reactive ketones (excluding diaryl/α,β-unsaturated/α-hetero) is 1. The molecule has 0 saturated heterocycles. The maximum atomic E-state index is 11.5. The predicted molar refractivity (Wildman–Crippen MR) is 65.4 cm³/mol. The summed E-state index contributed by atoms with van der Waals surface area (Å²) in [6.07, 6.45) is 4.05. The molecule has 0 amide bonds. The first-order valence-electron chi connectivity index (χ1n) is 5.92. The number of hydrogen-bond acceptors (Lipinski definition) is 4. The summed E-state index contributed by atoms with van der Waals surface area (Å²) in [5.74, 6) is -1.13. The summed E-state index contributed by atoms with van der Waals surface area (Å²) < 4.78 is 9.53.